The Morgan fingerprint density at radius 3 is 2.57 bits per heavy atom. The van der Waals surface area contributed by atoms with E-state index in [1.165, 1.54) is 32.1 Å². The summed E-state index contributed by atoms with van der Waals surface area (Å²) in [6, 6.07) is 9.32. The highest BCUT2D eigenvalue weighted by Gasteiger charge is 2.37. The normalized spacial score (nSPS) is 19.3. The number of carbonyl (C=O) groups is 2. The van der Waals surface area contributed by atoms with Gasteiger partial charge in [-0.25, -0.2) is 4.98 Å². The largest absolute Gasteiger partial charge is 0.460 e. The van der Waals surface area contributed by atoms with Gasteiger partial charge < -0.3 is 41.2 Å². The first-order chi connectivity index (χ1) is 27.4. The molecule has 16 heteroatoms. The number of nitrogens with two attached hydrogens (primary N) is 1. The summed E-state index contributed by atoms with van der Waals surface area (Å²) in [5, 5.41) is 19.5. The molecule has 56 heavy (non-hydrogen) atoms. The van der Waals surface area contributed by atoms with Crippen LogP contribution in [0.3, 0.4) is 0 Å². The Morgan fingerprint density at radius 1 is 1.00 bits per heavy atom. The molecule has 1 saturated heterocycles. The maximum absolute atomic E-state index is 13.1. The number of hydrogen-bond acceptors (Lipinski definition) is 13. The zero-order valence-corrected chi connectivity index (χ0v) is 32.8. The summed E-state index contributed by atoms with van der Waals surface area (Å²) in [4.78, 5) is 47.6. The number of carbonyl (C=O) groups excluding carboxylic acids is 2. The predicted molar refractivity (Wildman–Crippen MR) is 215 cm³/mol. The van der Waals surface area contributed by atoms with Crippen molar-refractivity contribution >= 4 is 34.8 Å². The molecule has 4 aromatic rings. The van der Waals surface area contributed by atoms with Crippen LogP contribution in [0.5, 0.6) is 0 Å². The molecule has 3 aromatic heterocycles. The van der Waals surface area contributed by atoms with Crippen molar-refractivity contribution in [2.24, 2.45) is 11.7 Å². The Hall–Kier alpha value is -4.67. The van der Waals surface area contributed by atoms with E-state index in [4.69, 9.17) is 25.4 Å². The third-order valence-corrected chi connectivity index (χ3v) is 11.3. The van der Waals surface area contributed by atoms with Crippen LogP contribution in [0.4, 0.5) is 11.8 Å². The molecule has 2 saturated carbocycles. The lowest BCUT2D eigenvalue weighted by Gasteiger charge is -2.35. The van der Waals surface area contributed by atoms with Gasteiger partial charge in [0.15, 0.2) is 11.5 Å². The summed E-state index contributed by atoms with van der Waals surface area (Å²) in [5.74, 6) is 2.64. The van der Waals surface area contributed by atoms with Crippen molar-refractivity contribution in [3.8, 4) is 0 Å². The molecule has 3 fully saturated rings. The number of esters is 1. The van der Waals surface area contributed by atoms with E-state index in [1.54, 1.807) is 0 Å². The minimum absolute atomic E-state index is 0.0351. The van der Waals surface area contributed by atoms with E-state index in [9.17, 15) is 9.59 Å². The van der Waals surface area contributed by atoms with Gasteiger partial charge in [-0.15, -0.1) is 5.10 Å². The molecule has 3 aliphatic rings. The Labute approximate surface area is 329 Å². The van der Waals surface area contributed by atoms with Crippen LogP contribution in [-0.4, -0.2) is 110 Å². The number of piperazine rings is 1. The zero-order chi connectivity index (χ0) is 38.7. The lowest BCUT2D eigenvalue weighted by molar-refractivity contribution is -0.146. The summed E-state index contributed by atoms with van der Waals surface area (Å²) in [7, 11) is 0. The van der Waals surface area contributed by atoms with Crippen LogP contribution in [0.2, 0.25) is 0 Å². The highest BCUT2D eigenvalue weighted by Crippen LogP contribution is 2.46. The molecule has 16 nitrogen and oxygen atoms in total. The number of aromatic nitrogens is 7. The number of amides is 1. The van der Waals surface area contributed by atoms with E-state index in [0.717, 1.165) is 74.1 Å². The topological polar surface area (TPSA) is 197 Å². The summed E-state index contributed by atoms with van der Waals surface area (Å²) in [6.07, 6.45) is 12.4. The highest BCUT2D eigenvalue weighted by molar-refractivity contribution is 5.84. The van der Waals surface area contributed by atoms with Crippen molar-refractivity contribution in [1.29, 1.82) is 0 Å². The van der Waals surface area contributed by atoms with E-state index in [0.29, 0.717) is 62.0 Å². The van der Waals surface area contributed by atoms with E-state index in [2.05, 4.69) is 43.1 Å². The van der Waals surface area contributed by atoms with Crippen LogP contribution in [0.1, 0.15) is 94.1 Å². The number of hydrogen-bond donors (Lipinski definition) is 5. The fourth-order valence-corrected chi connectivity index (χ4v) is 7.62. The molecule has 1 unspecified atom stereocenters. The van der Waals surface area contributed by atoms with Crippen molar-refractivity contribution in [2.45, 2.75) is 109 Å². The van der Waals surface area contributed by atoms with E-state index in [1.807, 2.05) is 46.1 Å². The number of imidazole rings is 1. The van der Waals surface area contributed by atoms with Crippen LogP contribution < -0.4 is 26.6 Å². The Kier molecular flexibility index (Phi) is 13.7. The molecule has 0 bridgehead atoms. The molecule has 1 aromatic carbocycles. The van der Waals surface area contributed by atoms with Crippen LogP contribution in [0.15, 0.2) is 36.5 Å². The van der Waals surface area contributed by atoms with Gasteiger partial charge >= 0.3 is 5.97 Å². The molecular weight excluding hydrogens is 711 g/mol. The second-order valence-electron chi connectivity index (χ2n) is 15.7. The number of ether oxygens (including phenoxy) is 1. The fourth-order valence-electron chi connectivity index (χ4n) is 7.62. The fraction of sp³-hybridized carbons (Fsp3) is 0.625. The van der Waals surface area contributed by atoms with Gasteiger partial charge in [-0.3, -0.25) is 14.3 Å². The van der Waals surface area contributed by atoms with Crippen molar-refractivity contribution in [3.63, 3.8) is 0 Å². The summed E-state index contributed by atoms with van der Waals surface area (Å²) < 4.78 is 7.25. The van der Waals surface area contributed by atoms with Crippen LogP contribution in [0.25, 0.3) is 11.2 Å². The number of rotatable bonds is 20. The van der Waals surface area contributed by atoms with Gasteiger partial charge in [0.2, 0.25) is 11.9 Å². The number of anilines is 2. The van der Waals surface area contributed by atoms with Gasteiger partial charge in [0.05, 0.1) is 12.7 Å². The monoisotopic (exact) mass is 769 g/mol. The number of aryl methyl sites for hydroxylation is 1. The van der Waals surface area contributed by atoms with Crippen LogP contribution in [-0.2, 0) is 34.0 Å². The van der Waals surface area contributed by atoms with E-state index in [-0.39, 0.29) is 25.4 Å². The number of H-pyrrole nitrogens is 1. The first-order valence-electron chi connectivity index (χ1n) is 20.7. The molecule has 1 amide bonds. The van der Waals surface area contributed by atoms with Gasteiger partial charge in [0.25, 0.3) is 0 Å². The Morgan fingerprint density at radius 2 is 1.79 bits per heavy atom. The Balaban J connectivity index is 0.868. The first-order valence-corrected chi connectivity index (χ1v) is 20.7. The predicted octanol–water partition coefficient (Wildman–Crippen LogP) is 3.47. The molecule has 6 N–H and O–H groups in total. The lowest BCUT2D eigenvalue weighted by Crippen LogP contribution is -2.49. The average Bonchev–Trinajstić information content (AvgIpc) is 3.56. The molecule has 0 radical (unpaired) electrons. The number of nitrogens with zero attached hydrogens (tertiary/aromatic N) is 8. The molecule has 3 atom stereocenters. The summed E-state index contributed by atoms with van der Waals surface area (Å²) >= 11 is 0. The molecule has 302 valence electrons. The second kappa shape index (κ2) is 19.5. The minimum atomic E-state index is -0.854. The molecule has 7 rings (SSSR count). The molecular formula is C40H59N13O3. The minimum Gasteiger partial charge on any atom is -0.460 e. The number of benzene rings is 1. The van der Waals surface area contributed by atoms with Crippen LogP contribution >= 0.6 is 0 Å². The Bertz CT molecular complexity index is 1850. The molecule has 2 aliphatic carbocycles. The van der Waals surface area contributed by atoms with Gasteiger partial charge in [0, 0.05) is 51.1 Å². The van der Waals surface area contributed by atoms with E-state index < -0.39 is 12.0 Å². The summed E-state index contributed by atoms with van der Waals surface area (Å²) in [5.41, 5.74) is 9.19. The van der Waals surface area contributed by atoms with Crippen molar-refractivity contribution < 1.29 is 14.3 Å². The molecule has 4 heterocycles. The number of aromatic amines is 1. The highest BCUT2D eigenvalue weighted by atomic mass is 16.5. The second-order valence-corrected chi connectivity index (χ2v) is 15.7. The smallest absolute Gasteiger partial charge is 0.323 e. The van der Waals surface area contributed by atoms with Crippen molar-refractivity contribution in [3.05, 3.63) is 53.6 Å². The zero-order valence-electron chi connectivity index (χ0n) is 32.8. The van der Waals surface area contributed by atoms with Gasteiger partial charge in [0.1, 0.15) is 29.7 Å². The third-order valence-electron chi connectivity index (χ3n) is 11.3. The maximum Gasteiger partial charge on any atom is 0.323 e. The number of fused-ring (bicyclic) bond motifs is 1. The lowest BCUT2D eigenvalue weighted by atomic mass is 9.95. The average molecular weight is 770 g/mol. The molecule has 1 aliphatic heterocycles. The first kappa shape index (κ1) is 39.6. The van der Waals surface area contributed by atoms with Crippen LogP contribution in [0, 0.1) is 5.92 Å². The van der Waals surface area contributed by atoms with Gasteiger partial charge in [-0.2, -0.15) is 9.97 Å². The van der Waals surface area contributed by atoms with E-state index >= 15 is 0 Å². The third kappa shape index (κ3) is 11.0. The SMILES string of the molecule is CC1C[C@@H]1c1nc2nc(N3CCN(C(=O)CC[C@H](N)C(=O)OCc4ccccc4)CC3)nc(NCc3cn(CCCNCCCNC4CCCCC4)nn3)c2[nH]1. The van der Waals surface area contributed by atoms with Crippen molar-refractivity contribution in [2.75, 3.05) is 56.0 Å². The van der Waals surface area contributed by atoms with Gasteiger partial charge in [-0.1, -0.05) is 61.7 Å². The number of nitrogens with one attached hydrogen (secondary N) is 4. The van der Waals surface area contributed by atoms with Crippen molar-refractivity contribution in [1.82, 2.24) is 50.5 Å². The molecule has 0 spiro atoms. The van der Waals surface area contributed by atoms with Gasteiger partial charge in [-0.05, 0) is 69.6 Å². The quantitative estimate of drug-likeness (QED) is 0.0648. The standard InChI is InChI=1S/C40H59N13O3/c1-28-24-32(28)36-45-35-37(44-25-31-26-53(50-49-31)19-9-17-42-16-8-18-43-30-12-6-3-7-13-30)47-40(48-38(35)46-36)52-22-20-51(21-23-52)34(54)15-14-33(41)39(55)56-27-29-10-4-2-5-11-29/h2,4-5,10-11,26,28,30,32-33,42-43H,3,6-9,12-25,27,41H2,1H3,(H2,44,45,46,47,48)/t28?,32-,33-/m0/s1. The summed E-state index contributed by atoms with van der Waals surface area (Å²) in [6.45, 7) is 8.86. The maximum atomic E-state index is 13.1.